The topological polar surface area (TPSA) is 48.1 Å². The SMILES string of the molecule is COc1ccc(-c2ccccc2)cc1NC(=O)N1CCN2CCN(C)C[C@H]2C1. The molecule has 28 heavy (non-hydrogen) atoms. The van der Waals surface area contributed by atoms with Crippen LogP contribution in [0, 0.1) is 0 Å². The first kappa shape index (κ1) is 18.8. The first-order chi connectivity index (χ1) is 13.6. The van der Waals surface area contributed by atoms with E-state index in [0.717, 1.165) is 50.4 Å². The van der Waals surface area contributed by atoms with Crippen LogP contribution < -0.4 is 10.1 Å². The lowest BCUT2D eigenvalue weighted by Gasteiger charge is -2.46. The van der Waals surface area contributed by atoms with Gasteiger partial charge in [-0.05, 0) is 30.3 Å². The summed E-state index contributed by atoms with van der Waals surface area (Å²) in [5.74, 6) is 0.670. The number of anilines is 1. The number of ether oxygens (including phenoxy) is 1. The van der Waals surface area contributed by atoms with Crippen LogP contribution in [0.3, 0.4) is 0 Å². The molecule has 2 aromatic rings. The molecule has 2 aliphatic rings. The Bertz CT molecular complexity index is 827. The summed E-state index contributed by atoms with van der Waals surface area (Å²) in [6.45, 7) is 5.66. The molecule has 0 aromatic heterocycles. The molecule has 0 saturated carbocycles. The van der Waals surface area contributed by atoms with Gasteiger partial charge in [0.25, 0.3) is 0 Å². The summed E-state index contributed by atoms with van der Waals surface area (Å²) in [6.07, 6.45) is 0. The van der Waals surface area contributed by atoms with Crippen LogP contribution in [0.1, 0.15) is 0 Å². The highest BCUT2D eigenvalue weighted by Crippen LogP contribution is 2.31. The maximum absolute atomic E-state index is 13.0. The molecule has 2 fully saturated rings. The number of piperazine rings is 2. The number of carbonyl (C=O) groups excluding carboxylic acids is 1. The number of rotatable bonds is 3. The van der Waals surface area contributed by atoms with Crippen LogP contribution in [0.2, 0.25) is 0 Å². The van der Waals surface area contributed by atoms with Gasteiger partial charge in [0.05, 0.1) is 12.8 Å². The van der Waals surface area contributed by atoms with E-state index in [1.807, 2.05) is 41.3 Å². The number of benzene rings is 2. The fourth-order valence-corrected chi connectivity index (χ4v) is 4.11. The van der Waals surface area contributed by atoms with Crippen LogP contribution in [0.5, 0.6) is 5.75 Å². The average Bonchev–Trinajstić information content (AvgIpc) is 2.73. The molecule has 2 aliphatic heterocycles. The summed E-state index contributed by atoms with van der Waals surface area (Å²) < 4.78 is 5.48. The van der Waals surface area contributed by atoms with Crippen LogP contribution in [0.25, 0.3) is 11.1 Å². The number of nitrogens with zero attached hydrogens (tertiary/aromatic N) is 3. The van der Waals surface area contributed by atoms with Gasteiger partial charge in [0, 0.05) is 45.3 Å². The van der Waals surface area contributed by atoms with Crippen LogP contribution in [0.4, 0.5) is 10.5 Å². The number of likely N-dealkylation sites (N-methyl/N-ethyl adjacent to an activating group) is 1. The number of hydrogen-bond acceptors (Lipinski definition) is 4. The molecule has 4 rings (SSSR count). The second-order valence-electron chi connectivity index (χ2n) is 7.61. The summed E-state index contributed by atoms with van der Waals surface area (Å²) in [6, 6.07) is 16.4. The van der Waals surface area contributed by atoms with Gasteiger partial charge >= 0.3 is 6.03 Å². The summed E-state index contributed by atoms with van der Waals surface area (Å²) in [7, 11) is 3.78. The molecule has 2 heterocycles. The van der Waals surface area contributed by atoms with Crippen LogP contribution in [0.15, 0.2) is 48.5 Å². The Morgan fingerprint density at radius 1 is 1.00 bits per heavy atom. The lowest BCUT2D eigenvalue weighted by Crippen LogP contribution is -2.62. The zero-order valence-corrected chi connectivity index (χ0v) is 16.6. The van der Waals surface area contributed by atoms with Crippen molar-refractivity contribution in [2.24, 2.45) is 0 Å². The zero-order valence-electron chi connectivity index (χ0n) is 16.6. The summed E-state index contributed by atoms with van der Waals surface area (Å²) >= 11 is 0. The molecule has 1 atom stereocenters. The number of amides is 2. The lowest BCUT2D eigenvalue weighted by molar-refractivity contribution is 0.0353. The Kier molecular flexibility index (Phi) is 5.50. The van der Waals surface area contributed by atoms with Gasteiger partial charge in [-0.1, -0.05) is 36.4 Å². The molecule has 6 nitrogen and oxygen atoms in total. The van der Waals surface area contributed by atoms with Crippen LogP contribution >= 0.6 is 0 Å². The summed E-state index contributed by atoms with van der Waals surface area (Å²) in [5.41, 5.74) is 2.87. The number of methoxy groups -OCH3 is 1. The highest BCUT2D eigenvalue weighted by molar-refractivity contribution is 5.92. The Balaban J connectivity index is 1.49. The fraction of sp³-hybridized carbons (Fsp3) is 0.409. The molecule has 0 aliphatic carbocycles. The molecular formula is C22H28N4O2. The molecular weight excluding hydrogens is 352 g/mol. The van der Waals surface area contributed by atoms with E-state index < -0.39 is 0 Å². The largest absolute Gasteiger partial charge is 0.495 e. The molecule has 0 bridgehead atoms. The van der Waals surface area contributed by atoms with Crippen molar-refractivity contribution in [1.29, 1.82) is 0 Å². The standard InChI is InChI=1S/C22H28N4O2/c1-24-10-11-25-12-13-26(16-19(25)15-24)22(27)23-20-14-18(8-9-21(20)28-2)17-6-4-3-5-7-17/h3-9,14,19H,10-13,15-16H2,1-2H3,(H,23,27)/t19-/m0/s1. The molecule has 0 radical (unpaired) electrons. The van der Waals surface area contributed by atoms with E-state index in [9.17, 15) is 4.79 Å². The number of hydrogen-bond donors (Lipinski definition) is 1. The highest BCUT2D eigenvalue weighted by Gasteiger charge is 2.32. The average molecular weight is 380 g/mol. The fourth-order valence-electron chi connectivity index (χ4n) is 4.11. The number of urea groups is 1. The van der Waals surface area contributed by atoms with E-state index in [0.29, 0.717) is 17.5 Å². The third kappa shape index (κ3) is 3.98. The molecule has 0 spiro atoms. The molecule has 0 unspecified atom stereocenters. The second-order valence-corrected chi connectivity index (χ2v) is 7.61. The van der Waals surface area contributed by atoms with E-state index in [4.69, 9.17) is 4.74 Å². The third-order valence-corrected chi connectivity index (χ3v) is 5.73. The third-order valence-electron chi connectivity index (χ3n) is 5.73. The van der Waals surface area contributed by atoms with Crippen molar-refractivity contribution < 1.29 is 9.53 Å². The molecule has 1 N–H and O–H groups in total. The van der Waals surface area contributed by atoms with Crippen molar-refractivity contribution in [3.8, 4) is 16.9 Å². The van der Waals surface area contributed by atoms with Crippen molar-refractivity contribution in [1.82, 2.24) is 14.7 Å². The van der Waals surface area contributed by atoms with Crippen LogP contribution in [-0.2, 0) is 0 Å². The van der Waals surface area contributed by atoms with Crippen LogP contribution in [-0.4, -0.2) is 80.2 Å². The second kappa shape index (κ2) is 8.20. The Morgan fingerprint density at radius 3 is 2.57 bits per heavy atom. The minimum atomic E-state index is -0.0589. The molecule has 2 aromatic carbocycles. The maximum Gasteiger partial charge on any atom is 0.322 e. The van der Waals surface area contributed by atoms with E-state index in [-0.39, 0.29) is 6.03 Å². The van der Waals surface area contributed by atoms with Gasteiger partial charge < -0.3 is 19.9 Å². The monoisotopic (exact) mass is 380 g/mol. The van der Waals surface area contributed by atoms with Gasteiger partial charge in [-0.15, -0.1) is 0 Å². The summed E-state index contributed by atoms with van der Waals surface area (Å²) in [4.78, 5) is 19.7. The van der Waals surface area contributed by atoms with Gasteiger partial charge in [0.2, 0.25) is 0 Å². The zero-order chi connectivity index (χ0) is 19.5. The Hall–Kier alpha value is -2.57. The molecule has 148 valence electrons. The van der Waals surface area contributed by atoms with Gasteiger partial charge in [-0.25, -0.2) is 4.79 Å². The van der Waals surface area contributed by atoms with Crippen molar-refractivity contribution in [3.05, 3.63) is 48.5 Å². The minimum Gasteiger partial charge on any atom is -0.495 e. The Labute approximate surface area is 166 Å². The van der Waals surface area contributed by atoms with E-state index in [1.54, 1.807) is 7.11 Å². The highest BCUT2D eigenvalue weighted by atomic mass is 16.5. The smallest absolute Gasteiger partial charge is 0.322 e. The number of nitrogens with one attached hydrogen (secondary N) is 1. The van der Waals surface area contributed by atoms with Gasteiger partial charge in [-0.3, -0.25) is 4.90 Å². The van der Waals surface area contributed by atoms with E-state index >= 15 is 0 Å². The predicted octanol–water partition coefficient (Wildman–Crippen LogP) is 2.83. The summed E-state index contributed by atoms with van der Waals surface area (Å²) in [5, 5.41) is 3.08. The quantitative estimate of drug-likeness (QED) is 0.890. The Morgan fingerprint density at radius 2 is 1.79 bits per heavy atom. The number of fused-ring (bicyclic) bond motifs is 1. The van der Waals surface area contributed by atoms with Crippen molar-refractivity contribution >= 4 is 11.7 Å². The van der Waals surface area contributed by atoms with Gasteiger partial charge in [-0.2, -0.15) is 0 Å². The van der Waals surface area contributed by atoms with E-state index in [1.165, 1.54) is 0 Å². The number of carbonyl (C=O) groups is 1. The van der Waals surface area contributed by atoms with Gasteiger partial charge in [0.15, 0.2) is 0 Å². The predicted molar refractivity (Wildman–Crippen MR) is 112 cm³/mol. The minimum absolute atomic E-state index is 0.0589. The molecule has 6 heteroatoms. The molecule has 2 saturated heterocycles. The van der Waals surface area contributed by atoms with E-state index in [2.05, 4.69) is 34.3 Å². The van der Waals surface area contributed by atoms with Crippen molar-refractivity contribution in [2.45, 2.75) is 6.04 Å². The van der Waals surface area contributed by atoms with Gasteiger partial charge in [0.1, 0.15) is 5.75 Å². The van der Waals surface area contributed by atoms with Crippen molar-refractivity contribution in [2.75, 3.05) is 58.7 Å². The normalized spacial score (nSPS) is 20.5. The van der Waals surface area contributed by atoms with Crippen molar-refractivity contribution in [3.63, 3.8) is 0 Å². The molecule has 2 amide bonds. The first-order valence-electron chi connectivity index (χ1n) is 9.86. The maximum atomic E-state index is 13.0. The lowest BCUT2D eigenvalue weighted by atomic mass is 10.0. The first-order valence-corrected chi connectivity index (χ1v) is 9.86.